The maximum absolute atomic E-state index is 11.5. The van der Waals surface area contributed by atoms with Crippen LogP contribution in [0.3, 0.4) is 0 Å². The highest BCUT2D eigenvalue weighted by atomic mass is 16.4. The van der Waals surface area contributed by atoms with E-state index in [9.17, 15) is 9.59 Å². The number of carbonyl (C=O) groups is 2. The minimum Gasteiger partial charge on any atom is -0.480 e. The average molecular weight is 271 g/mol. The Bertz CT molecular complexity index is 438. The van der Waals surface area contributed by atoms with Gasteiger partial charge in [0.05, 0.1) is 12.2 Å². The van der Waals surface area contributed by atoms with Gasteiger partial charge in [-0.05, 0) is 13.8 Å². The number of hydrogen-bond acceptors (Lipinski definition) is 5. The Kier molecular flexibility index (Phi) is 5.31. The van der Waals surface area contributed by atoms with E-state index in [1.807, 2.05) is 0 Å². The van der Waals surface area contributed by atoms with Crippen LogP contribution in [0.15, 0.2) is 4.42 Å². The molecule has 0 bridgehead atoms. The van der Waals surface area contributed by atoms with Gasteiger partial charge >= 0.3 is 12.0 Å². The first-order valence-corrected chi connectivity index (χ1v) is 5.75. The van der Waals surface area contributed by atoms with E-state index < -0.39 is 18.0 Å². The highest BCUT2D eigenvalue weighted by Crippen LogP contribution is 2.07. The standard InChI is InChI=1S/C11H17N3O5/c1-6-7(2)19-9(13-6)5-12-11(18)14-8(3-4-15)10(16)17/h8,15H,3-5H2,1-2H3,(H,16,17)(H2,12,14,18)/t8-/m1/s1. The van der Waals surface area contributed by atoms with E-state index in [0.717, 1.165) is 5.69 Å². The number of aliphatic hydroxyl groups is 1. The summed E-state index contributed by atoms with van der Waals surface area (Å²) < 4.78 is 5.25. The molecular formula is C11H17N3O5. The molecule has 106 valence electrons. The summed E-state index contributed by atoms with van der Waals surface area (Å²) >= 11 is 0. The van der Waals surface area contributed by atoms with Crippen LogP contribution in [-0.4, -0.2) is 39.8 Å². The number of nitrogens with one attached hydrogen (secondary N) is 2. The Morgan fingerprint density at radius 2 is 2.11 bits per heavy atom. The Balaban J connectivity index is 2.44. The molecule has 8 heteroatoms. The molecular weight excluding hydrogens is 254 g/mol. The highest BCUT2D eigenvalue weighted by Gasteiger charge is 2.19. The smallest absolute Gasteiger partial charge is 0.326 e. The van der Waals surface area contributed by atoms with Gasteiger partial charge in [-0.3, -0.25) is 0 Å². The zero-order valence-corrected chi connectivity index (χ0v) is 10.8. The number of carboxylic acids is 1. The monoisotopic (exact) mass is 271 g/mol. The Hall–Kier alpha value is -2.09. The van der Waals surface area contributed by atoms with Gasteiger partial charge in [0.1, 0.15) is 11.8 Å². The number of aromatic nitrogens is 1. The van der Waals surface area contributed by atoms with Crippen LogP contribution in [0.2, 0.25) is 0 Å². The molecule has 19 heavy (non-hydrogen) atoms. The second-order valence-electron chi connectivity index (χ2n) is 3.98. The number of aliphatic carboxylic acids is 1. The SMILES string of the molecule is Cc1nc(CNC(=O)N[C@H](CCO)C(=O)O)oc1C. The van der Waals surface area contributed by atoms with Gasteiger partial charge in [-0.2, -0.15) is 0 Å². The molecule has 1 aromatic rings. The van der Waals surface area contributed by atoms with Gasteiger partial charge in [-0.25, -0.2) is 14.6 Å². The third-order valence-electron chi connectivity index (χ3n) is 2.49. The molecule has 0 spiro atoms. The molecule has 1 aromatic heterocycles. The van der Waals surface area contributed by atoms with Crippen LogP contribution in [0.4, 0.5) is 4.79 Å². The lowest BCUT2D eigenvalue weighted by Crippen LogP contribution is -2.46. The van der Waals surface area contributed by atoms with E-state index in [0.29, 0.717) is 11.7 Å². The fourth-order valence-electron chi connectivity index (χ4n) is 1.37. The molecule has 0 aromatic carbocycles. The lowest BCUT2D eigenvalue weighted by Gasteiger charge is -2.13. The predicted molar refractivity (Wildman–Crippen MR) is 64.5 cm³/mol. The Labute approximate surface area is 109 Å². The van der Waals surface area contributed by atoms with Crippen molar-refractivity contribution >= 4 is 12.0 Å². The molecule has 2 amide bonds. The second-order valence-corrected chi connectivity index (χ2v) is 3.98. The number of carboxylic acid groups (broad SMARTS) is 1. The molecule has 1 atom stereocenters. The van der Waals surface area contributed by atoms with Crippen LogP contribution < -0.4 is 10.6 Å². The van der Waals surface area contributed by atoms with Crippen molar-refractivity contribution in [3.8, 4) is 0 Å². The molecule has 0 aliphatic heterocycles. The van der Waals surface area contributed by atoms with Gasteiger partial charge in [0.2, 0.25) is 5.89 Å². The second kappa shape index (κ2) is 6.74. The van der Waals surface area contributed by atoms with Crippen LogP contribution >= 0.6 is 0 Å². The van der Waals surface area contributed by atoms with Gasteiger partial charge in [-0.15, -0.1) is 0 Å². The quantitative estimate of drug-likeness (QED) is 0.574. The normalized spacial score (nSPS) is 11.9. The number of oxazole rings is 1. The lowest BCUT2D eigenvalue weighted by molar-refractivity contribution is -0.139. The van der Waals surface area contributed by atoms with Crippen LogP contribution in [0.5, 0.6) is 0 Å². The summed E-state index contributed by atoms with van der Waals surface area (Å²) in [4.78, 5) is 26.3. The van der Waals surface area contributed by atoms with Crippen molar-refractivity contribution in [3.63, 3.8) is 0 Å². The molecule has 1 rings (SSSR count). The molecule has 4 N–H and O–H groups in total. The third-order valence-corrected chi connectivity index (χ3v) is 2.49. The van der Waals surface area contributed by atoms with E-state index in [-0.39, 0.29) is 19.6 Å². The summed E-state index contributed by atoms with van der Waals surface area (Å²) in [7, 11) is 0. The summed E-state index contributed by atoms with van der Waals surface area (Å²) in [6.07, 6.45) is -0.0556. The van der Waals surface area contributed by atoms with Crippen LogP contribution in [0.25, 0.3) is 0 Å². The van der Waals surface area contributed by atoms with E-state index in [2.05, 4.69) is 15.6 Å². The first kappa shape index (κ1) is 15.0. The van der Waals surface area contributed by atoms with Crippen LogP contribution in [0, 0.1) is 13.8 Å². The molecule has 0 fully saturated rings. The Morgan fingerprint density at radius 1 is 1.42 bits per heavy atom. The fourth-order valence-corrected chi connectivity index (χ4v) is 1.37. The summed E-state index contributed by atoms with van der Waals surface area (Å²) in [6.45, 7) is 3.28. The topological polar surface area (TPSA) is 125 Å². The van der Waals surface area contributed by atoms with E-state index in [1.165, 1.54) is 0 Å². The van der Waals surface area contributed by atoms with Gasteiger partial charge in [-0.1, -0.05) is 0 Å². The van der Waals surface area contributed by atoms with Crippen molar-refractivity contribution in [3.05, 3.63) is 17.3 Å². The molecule has 0 radical (unpaired) electrons. The highest BCUT2D eigenvalue weighted by molar-refractivity contribution is 5.82. The maximum Gasteiger partial charge on any atom is 0.326 e. The number of urea groups is 1. The number of aliphatic hydroxyl groups excluding tert-OH is 1. The maximum atomic E-state index is 11.5. The predicted octanol–water partition coefficient (Wildman–Crippen LogP) is -0.0738. The van der Waals surface area contributed by atoms with Crippen molar-refractivity contribution in [1.29, 1.82) is 0 Å². The van der Waals surface area contributed by atoms with Crippen LogP contribution in [0.1, 0.15) is 23.8 Å². The number of carbonyl (C=O) groups excluding carboxylic acids is 1. The first-order valence-electron chi connectivity index (χ1n) is 5.75. The van der Waals surface area contributed by atoms with Gasteiger partial charge in [0.15, 0.2) is 0 Å². The van der Waals surface area contributed by atoms with Crippen molar-refractivity contribution in [2.24, 2.45) is 0 Å². The molecule has 1 heterocycles. The lowest BCUT2D eigenvalue weighted by atomic mass is 10.2. The molecule has 0 aliphatic carbocycles. The number of aryl methyl sites for hydroxylation is 2. The van der Waals surface area contributed by atoms with Crippen molar-refractivity contribution in [2.75, 3.05) is 6.61 Å². The minimum absolute atomic E-state index is 0.0556. The minimum atomic E-state index is -1.20. The van der Waals surface area contributed by atoms with Gasteiger partial charge < -0.3 is 25.3 Å². The molecule has 0 saturated carbocycles. The summed E-state index contributed by atoms with van der Waals surface area (Å²) in [5.41, 5.74) is 0.737. The molecule has 0 saturated heterocycles. The zero-order chi connectivity index (χ0) is 14.4. The van der Waals surface area contributed by atoms with Crippen molar-refractivity contribution in [1.82, 2.24) is 15.6 Å². The van der Waals surface area contributed by atoms with Crippen molar-refractivity contribution < 1.29 is 24.2 Å². The Morgan fingerprint density at radius 3 is 2.58 bits per heavy atom. The van der Waals surface area contributed by atoms with Gasteiger partial charge in [0, 0.05) is 13.0 Å². The van der Waals surface area contributed by atoms with E-state index in [4.69, 9.17) is 14.6 Å². The van der Waals surface area contributed by atoms with Crippen LogP contribution in [-0.2, 0) is 11.3 Å². The molecule has 0 aliphatic rings. The molecule has 8 nitrogen and oxygen atoms in total. The average Bonchev–Trinajstić information content (AvgIpc) is 2.65. The number of rotatable bonds is 6. The number of nitrogens with zero attached hydrogens (tertiary/aromatic N) is 1. The van der Waals surface area contributed by atoms with Crippen molar-refractivity contribution in [2.45, 2.75) is 32.9 Å². The largest absolute Gasteiger partial charge is 0.480 e. The first-order chi connectivity index (χ1) is 8.93. The summed E-state index contributed by atoms with van der Waals surface area (Å²) in [5, 5.41) is 22.1. The number of hydrogen-bond donors (Lipinski definition) is 4. The third kappa shape index (κ3) is 4.59. The van der Waals surface area contributed by atoms with E-state index >= 15 is 0 Å². The fraction of sp³-hybridized carbons (Fsp3) is 0.545. The summed E-state index contributed by atoms with van der Waals surface area (Å²) in [5.74, 6) is -0.188. The number of amides is 2. The van der Waals surface area contributed by atoms with E-state index in [1.54, 1.807) is 13.8 Å². The zero-order valence-electron chi connectivity index (χ0n) is 10.8. The van der Waals surface area contributed by atoms with Gasteiger partial charge in [0.25, 0.3) is 0 Å². The summed E-state index contributed by atoms with van der Waals surface area (Å²) in [6, 6.07) is -1.78. The molecule has 0 unspecified atom stereocenters.